The quantitative estimate of drug-likeness (QED) is 0.274. The molecule has 1 aliphatic heterocycles. The van der Waals surface area contributed by atoms with E-state index in [4.69, 9.17) is 23.2 Å². The minimum atomic E-state index is -1.70. The monoisotopic (exact) mass is 621 g/mol. The van der Waals surface area contributed by atoms with Crippen LogP contribution >= 0.6 is 23.2 Å². The van der Waals surface area contributed by atoms with E-state index in [1.54, 1.807) is 6.07 Å². The Kier molecular flexibility index (Phi) is 10.2. The lowest BCUT2D eigenvalue weighted by Crippen LogP contribution is -2.49. The van der Waals surface area contributed by atoms with Gasteiger partial charge in [-0.05, 0) is 55.9 Å². The van der Waals surface area contributed by atoms with Crippen molar-refractivity contribution >= 4 is 29.1 Å². The van der Waals surface area contributed by atoms with E-state index in [9.17, 15) is 20.3 Å². The van der Waals surface area contributed by atoms with Crippen molar-refractivity contribution in [3.8, 4) is 6.07 Å². The van der Waals surface area contributed by atoms with Crippen molar-refractivity contribution in [3.05, 3.63) is 69.2 Å². The fourth-order valence-corrected chi connectivity index (χ4v) is 7.28. The summed E-state index contributed by atoms with van der Waals surface area (Å²) in [4.78, 5) is 13.9. The maximum absolute atomic E-state index is 15.9. The highest BCUT2D eigenvalue weighted by Gasteiger charge is 2.62. The van der Waals surface area contributed by atoms with E-state index in [0.29, 0.717) is 0 Å². The molecule has 1 saturated heterocycles. The lowest BCUT2D eigenvalue weighted by molar-refractivity contribution is -0.123. The van der Waals surface area contributed by atoms with Gasteiger partial charge in [-0.2, -0.15) is 5.26 Å². The number of amides is 1. The third-order valence-electron chi connectivity index (χ3n) is 9.29. The Morgan fingerprint density at radius 1 is 1.21 bits per heavy atom. The van der Waals surface area contributed by atoms with Crippen LogP contribution in [0, 0.1) is 34.8 Å². The van der Waals surface area contributed by atoms with Crippen LogP contribution in [0.3, 0.4) is 0 Å². The lowest BCUT2D eigenvalue weighted by atomic mass is 9.60. The number of benzene rings is 2. The molecule has 4 rings (SSSR count). The molecule has 1 aliphatic carbocycles. The molecule has 0 aromatic heterocycles. The largest absolute Gasteiger partial charge is 0.390 e. The molecule has 42 heavy (non-hydrogen) atoms. The number of carbonyl (C=O) groups excluding carboxylic acids is 1. The van der Waals surface area contributed by atoms with E-state index in [1.807, 2.05) is 6.92 Å². The van der Waals surface area contributed by atoms with E-state index in [2.05, 4.69) is 16.7 Å². The molecule has 2 aliphatic rings. The molecule has 4 N–H and O–H groups in total. The van der Waals surface area contributed by atoms with E-state index in [1.165, 1.54) is 38.1 Å². The SMILES string of the molecule is CC(C1CCCCC1)C1NC(C(=O)NCC[C@H](O)C(C)(C)O)C(c2cccc(Cl)c2F)C1(C#N)c1ccc(Cl)cc1F. The fraction of sp³-hybridized carbons (Fsp3) is 0.562. The number of nitrogens with zero attached hydrogens (tertiary/aromatic N) is 1. The zero-order valence-electron chi connectivity index (χ0n) is 24.1. The molecule has 1 amide bonds. The van der Waals surface area contributed by atoms with Gasteiger partial charge in [-0.3, -0.25) is 4.79 Å². The molecule has 10 heteroatoms. The number of carbonyl (C=O) groups is 1. The summed E-state index contributed by atoms with van der Waals surface area (Å²) in [6.45, 7) is 4.97. The lowest BCUT2D eigenvalue weighted by Gasteiger charge is -2.41. The highest BCUT2D eigenvalue weighted by Crippen LogP contribution is 2.54. The standard InChI is InChI=1S/C32H39Cl2F2N3O3/c1-18(19-8-5-4-6-9-19)29-32(17-37,22-13-12-20(33)16-24(22)35)26(21-10-7-11-23(34)27(21)36)28(39-29)30(41)38-15-14-25(40)31(2,3)42/h7,10-13,16,18-19,25-26,28-29,39-40,42H,4-6,8-9,14-15H2,1-3H3,(H,38,41)/t18?,25-,26?,28?,29?,32?/m0/s1. The minimum Gasteiger partial charge on any atom is -0.390 e. The van der Waals surface area contributed by atoms with Gasteiger partial charge in [0.05, 0.1) is 28.8 Å². The molecule has 5 unspecified atom stereocenters. The van der Waals surface area contributed by atoms with Crippen molar-refractivity contribution in [2.45, 2.75) is 94.4 Å². The number of nitriles is 1. The van der Waals surface area contributed by atoms with Crippen LogP contribution in [0.1, 0.15) is 76.3 Å². The second kappa shape index (κ2) is 13.2. The van der Waals surface area contributed by atoms with Gasteiger partial charge in [-0.15, -0.1) is 0 Å². The predicted molar refractivity (Wildman–Crippen MR) is 159 cm³/mol. The molecular weight excluding hydrogens is 583 g/mol. The van der Waals surface area contributed by atoms with Crippen molar-refractivity contribution in [3.63, 3.8) is 0 Å². The summed E-state index contributed by atoms with van der Waals surface area (Å²) in [5.41, 5.74) is -3.01. The zero-order chi connectivity index (χ0) is 30.8. The molecule has 0 bridgehead atoms. The van der Waals surface area contributed by atoms with Crippen LogP contribution < -0.4 is 10.6 Å². The van der Waals surface area contributed by atoms with Gasteiger partial charge in [-0.1, -0.05) is 80.4 Å². The van der Waals surface area contributed by atoms with Gasteiger partial charge in [0, 0.05) is 29.1 Å². The average Bonchev–Trinajstić information content (AvgIpc) is 3.29. The first-order valence-corrected chi connectivity index (χ1v) is 15.3. The van der Waals surface area contributed by atoms with Crippen LogP contribution in [-0.2, 0) is 10.2 Å². The van der Waals surface area contributed by atoms with Crippen LogP contribution in [0.2, 0.25) is 10.0 Å². The van der Waals surface area contributed by atoms with Gasteiger partial charge >= 0.3 is 0 Å². The maximum Gasteiger partial charge on any atom is 0.237 e. The summed E-state index contributed by atoms with van der Waals surface area (Å²) < 4.78 is 31.7. The van der Waals surface area contributed by atoms with Crippen molar-refractivity contribution in [1.82, 2.24) is 10.6 Å². The first kappa shape index (κ1) is 32.6. The zero-order valence-corrected chi connectivity index (χ0v) is 25.7. The number of nitrogens with one attached hydrogen (secondary N) is 2. The Morgan fingerprint density at radius 3 is 2.52 bits per heavy atom. The molecule has 1 saturated carbocycles. The summed E-state index contributed by atoms with van der Waals surface area (Å²) in [6, 6.07) is 9.04. The molecule has 2 aromatic carbocycles. The van der Waals surface area contributed by atoms with Gasteiger partial charge in [-0.25, -0.2) is 8.78 Å². The van der Waals surface area contributed by atoms with Crippen molar-refractivity contribution < 1.29 is 23.8 Å². The molecule has 2 fully saturated rings. The molecule has 6 nitrogen and oxygen atoms in total. The Labute approximate surface area is 256 Å². The van der Waals surface area contributed by atoms with E-state index < -0.39 is 52.7 Å². The second-order valence-corrected chi connectivity index (χ2v) is 13.2. The van der Waals surface area contributed by atoms with Crippen molar-refractivity contribution in [1.29, 1.82) is 5.26 Å². The Hall–Kier alpha value is -2.28. The van der Waals surface area contributed by atoms with E-state index >= 15 is 8.78 Å². The van der Waals surface area contributed by atoms with Crippen LogP contribution in [0.25, 0.3) is 0 Å². The second-order valence-electron chi connectivity index (χ2n) is 12.4. The topological polar surface area (TPSA) is 105 Å². The number of aliphatic hydroxyl groups is 2. The summed E-state index contributed by atoms with van der Waals surface area (Å²) in [5.74, 6) is -3.14. The molecule has 228 valence electrons. The molecular formula is C32H39Cl2F2N3O3. The van der Waals surface area contributed by atoms with E-state index in [-0.39, 0.29) is 46.0 Å². The smallest absolute Gasteiger partial charge is 0.237 e. The summed E-state index contributed by atoms with van der Waals surface area (Å²) >= 11 is 12.3. The molecule has 0 radical (unpaired) electrons. The number of rotatable bonds is 9. The first-order valence-electron chi connectivity index (χ1n) is 14.6. The Bertz CT molecular complexity index is 1330. The summed E-state index contributed by atoms with van der Waals surface area (Å²) in [5, 5.41) is 37.6. The first-order chi connectivity index (χ1) is 19.8. The van der Waals surface area contributed by atoms with Gasteiger partial charge < -0.3 is 20.8 Å². The minimum absolute atomic E-state index is 0.0185. The van der Waals surface area contributed by atoms with Crippen molar-refractivity contribution in [2.24, 2.45) is 11.8 Å². The van der Waals surface area contributed by atoms with Gasteiger partial charge in [0.25, 0.3) is 0 Å². The maximum atomic E-state index is 15.9. The molecule has 1 heterocycles. The highest BCUT2D eigenvalue weighted by molar-refractivity contribution is 6.31. The fourth-order valence-electron chi connectivity index (χ4n) is 6.94. The average molecular weight is 623 g/mol. The van der Waals surface area contributed by atoms with Gasteiger partial charge in [0.1, 0.15) is 17.0 Å². The highest BCUT2D eigenvalue weighted by atomic mass is 35.5. The normalized spacial score (nSPS) is 26.4. The van der Waals surface area contributed by atoms with Crippen LogP contribution in [-0.4, -0.2) is 46.5 Å². The molecule has 0 spiro atoms. The van der Waals surface area contributed by atoms with E-state index in [0.717, 1.165) is 38.2 Å². The molecule has 6 atom stereocenters. The third kappa shape index (κ3) is 6.32. The number of aliphatic hydroxyl groups excluding tert-OH is 1. The number of hydrogen-bond donors (Lipinski definition) is 4. The van der Waals surface area contributed by atoms with Crippen LogP contribution in [0.5, 0.6) is 0 Å². The number of halogens is 4. The Balaban J connectivity index is 1.86. The van der Waals surface area contributed by atoms with Gasteiger partial charge in [0.15, 0.2) is 0 Å². The van der Waals surface area contributed by atoms with Crippen LogP contribution in [0.4, 0.5) is 8.78 Å². The third-order valence-corrected chi connectivity index (χ3v) is 9.81. The van der Waals surface area contributed by atoms with Crippen molar-refractivity contribution in [2.75, 3.05) is 6.54 Å². The number of hydrogen-bond acceptors (Lipinski definition) is 5. The summed E-state index contributed by atoms with van der Waals surface area (Å²) in [6.07, 6.45) is 4.03. The predicted octanol–water partition coefficient (Wildman–Crippen LogP) is 6.01. The molecule has 2 aromatic rings. The van der Waals surface area contributed by atoms with Gasteiger partial charge in [0.2, 0.25) is 5.91 Å². The Morgan fingerprint density at radius 2 is 1.90 bits per heavy atom. The van der Waals surface area contributed by atoms with Crippen LogP contribution in [0.15, 0.2) is 36.4 Å². The summed E-state index contributed by atoms with van der Waals surface area (Å²) in [7, 11) is 0.